The summed E-state index contributed by atoms with van der Waals surface area (Å²) in [5.41, 5.74) is 2.36. The highest BCUT2D eigenvalue weighted by molar-refractivity contribution is 5.99. The second-order valence-corrected chi connectivity index (χ2v) is 6.65. The molecule has 132 valence electrons. The number of Topliss-reactive ketones (excluding diaryl/α,β-unsaturated/α-hetero) is 1. The number of amides is 1. The summed E-state index contributed by atoms with van der Waals surface area (Å²) in [5.74, 6) is 1.41. The first kappa shape index (κ1) is 17.3. The number of benzene rings is 1. The van der Waals surface area contributed by atoms with Crippen molar-refractivity contribution in [3.63, 3.8) is 0 Å². The lowest BCUT2D eigenvalue weighted by Crippen LogP contribution is -2.39. The van der Waals surface area contributed by atoms with E-state index >= 15 is 0 Å². The number of ketones is 1. The Morgan fingerprint density at radius 3 is 2.44 bits per heavy atom. The quantitative estimate of drug-likeness (QED) is 0.849. The Morgan fingerprint density at radius 2 is 1.88 bits per heavy atom. The molecule has 0 radical (unpaired) electrons. The van der Waals surface area contributed by atoms with Gasteiger partial charge in [-0.2, -0.15) is 0 Å². The van der Waals surface area contributed by atoms with Crippen LogP contribution >= 0.6 is 0 Å². The Labute approximate surface area is 148 Å². The van der Waals surface area contributed by atoms with Crippen LogP contribution < -0.4 is 4.74 Å². The number of nitrogens with zero attached hydrogens (tertiary/aromatic N) is 1. The van der Waals surface area contributed by atoms with E-state index in [9.17, 15) is 9.59 Å². The molecule has 5 nitrogen and oxygen atoms in total. The average molecular weight is 340 g/mol. The topological polar surface area (TPSA) is 62.4 Å². The number of methoxy groups -OCH3 is 1. The first-order chi connectivity index (χ1) is 12.1. The Balaban J connectivity index is 1.53. The van der Waals surface area contributed by atoms with E-state index in [0.29, 0.717) is 17.2 Å². The molecule has 1 aliphatic rings. The molecule has 1 aromatic carbocycles. The van der Waals surface area contributed by atoms with Crippen molar-refractivity contribution < 1.29 is 14.3 Å². The van der Waals surface area contributed by atoms with Gasteiger partial charge in [0.05, 0.1) is 7.11 Å². The zero-order valence-corrected chi connectivity index (χ0v) is 14.7. The van der Waals surface area contributed by atoms with Crippen molar-refractivity contribution in [3.05, 3.63) is 53.3 Å². The number of hydrogen-bond acceptors (Lipinski definition) is 3. The van der Waals surface area contributed by atoms with E-state index in [4.69, 9.17) is 4.74 Å². The number of hydrogen-bond donors (Lipinski definition) is 1. The van der Waals surface area contributed by atoms with Crippen LogP contribution in [0.4, 0.5) is 0 Å². The third-order valence-electron chi connectivity index (χ3n) is 4.91. The summed E-state index contributed by atoms with van der Waals surface area (Å²) in [6.45, 7) is 3.02. The van der Waals surface area contributed by atoms with Gasteiger partial charge in [-0.1, -0.05) is 12.1 Å². The minimum absolute atomic E-state index is 0.0182. The van der Waals surface area contributed by atoms with Crippen molar-refractivity contribution in [3.8, 4) is 5.75 Å². The molecule has 5 heteroatoms. The summed E-state index contributed by atoms with van der Waals surface area (Å²) in [4.78, 5) is 28.7. The van der Waals surface area contributed by atoms with Gasteiger partial charge in [0, 0.05) is 24.8 Å². The van der Waals surface area contributed by atoms with E-state index in [1.807, 2.05) is 17.0 Å². The monoisotopic (exact) mass is 340 g/mol. The number of rotatable bonds is 5. The number of nitrogens with one attached hydrogen (secondary N) is 1. The Morgan fingerprint density at radius 1 is 1.20 bits per heavy atom. The fourth-order valence-corrected chi connectivity index (χ4v) is 3.33. The summed E-state index contributed by atoms with van der Waals surface area (Å²) >= 11 is 0. The van der Waals surface area contributed by atoms with Crippen LogP contribution in [0.2, 0.25) is 0 Å². The van der Waals surface area contributed by atoms with E-state index in [1.54, 1.807) is 19.4 Å². The first-order valence-electron chi connectivity index (χ1n) is 8.68. The van der Waals surface area contributed by atoms with Crippen LogP contribution in [0.25, 0.3) is 0 Å². The summed E-state index contributed by atoms with van der Waals surface area (Å²) in [7, 11) is 1.67. The van der Waals surface area contributed by atoms with Crippen molar-refractivity contribution >= 4 is 11.7 Å². The molecule has 0 spiro atoms. The van der Waals surface area contributed by atoms with Crippen LogP contribution in [0.3, 0.4) is 0 Å². The van der Waals surface area contributed by atoms with Gasteiger partial charge in [-0.25, -0.2) is 0 Å². The number of aromatic amines is 1. The maximum Gasteiger partial charge on any atom is 0.270 e. The van der Waals surface area contributed by atoms with E-state index in [-0.39, 0.29) is 11.7 Å². The molecule has 0 saturated carbocycles. The molecule has 3 rings (SSSR count). The molecule has 1 aliphatic heterocycles. The number of likely N-dealkylation sites (tertiary alicyclic amines) is 1. The highest BCUT2D eigenvalue weighted by atomic mass is 16.5. The van der Waals surface area contributed by atoms with Gasteiger partial charge < -0.3 is 14.6 Å². The van der Waals surface area contributed by atoms with Crippen molar-refractivity contribution in [1.82, 2.24) is 9.88 Å². The molecular weight excluding hydrogens is 316 g/mol. The van der Waals surface area contributed by atoms with Crippen LogP contribution in [-0.4, -0.2) is 41.8 Å². The molecule has 0 unspecified atom stereocenters. The number of carbonyl (C=O) groups excluding carboxylic acids is 2. The van der Waals surface area contributed by atoms with Crippen LogP contribution in [0.1, 0.15) is 46.2 Å². The van der Waals surface area contributed by atoms with Crippen molar-refractivity contribution in [2.24, 2.45) is 5.92 Å². The SMILES string of the molecule is COc1ccc(CC2CCN(C(=O)c3cc(C(C)=O)c[nH]3)CC2)cc1. The van der Waals surface area contributed by atoms with Crippen LogP contribution in [0.15, 0.2) is 36.5 Å². The minimum atomic E-state index is -0.0338. The first-order valence-corrected chi connectivity index (χ1v) is 8.68. The maximum atomic E-state index is 12.5. The molecular formula is C20H24N2O3. The van der Waals surface area contributed by atoms with Gasteiger partial charge in [0.1, 0.15) is 11.4 Å². The lowest BCUT2D eigenvalue weighted by atomic mass is 9.90. The third-order valence-corrected chi connectivity index (χ3v) is 4.91. The number of carbonyl (C=O) groups is 2. The molecule has 1 aromatic heterocycles. The summed E-state index contributed by atoms with van der Waals surface area (Å²) < 4.78 is 5.19. The fraction of sp³-hybridized carbons (Fsp3) is 0.400. The molecule has 2 heterocycles. The van der Waals surface area contributed by atoms with Gasteiger partial charge in [0.15, 0.2) is 5.78 Å². The molecule has 1 amide bonds. The van der Waals surface area contributed by atoms with Gasteiger partial charge in [-0.05, 0) is 55.9 Å². The molecule has 0 atom stereocenters. The lowest BCUT2D eigenvalue weighted by Gasteiger charge is -2.31. The number of piperidine rings is 1. The molecule has 25 heavy (non-hydrogen) atoms. The molecule has 0 bridgehead atoms. The van der Waals surface area contributed by atoms with Gasteiger partial charge in [-0.3, -0.25) is 9.59 Å². The summed E-state index contributed by atoms with van der Waals surface area (Å²) in [5, 5.41) is 0. The van der Waals surface area contributed by atoms with Crippen molar-refractivity contribution in [2.75, 3.05) is 20.2 Å². The van der Waals surface area contributed by atoms with Gasteiger partial charge in [-0.15, -0.1) is 0 Å². The highest BCUT2D eigenvalue weighted by Crippen LogP contribution is 2.24. The largest absolute Gasteiger partial charge is 0.497 e. The molecule has 2 aromatic rings. The second-order valence-electron chi connectivity index (χ2n) is 6.65. The van der Waals surface area contributed by atoms with E-state index in [0.717, 1.165) is 38.1 Å². The number of ether oxygens (including phenoxy) is 1. The smallest absolute Gasteiger partial charge is 0.270 e. The van der Waals surface area contributed by atoms with Gasteiger partial charge in [0.2, 0.25) is 0 Å². The maximum absolute atomic E-state index is 12.5. The second kappa shape index (κ2) is 7.55. The van der Waals surface area contributed by atoms with Crippen LogP contribution in [-0.2, 0) is 6.42 Å². The highest BCUT2D eigenvalue weighted by Gasteiger charge is 2.24. The van der Waals surface area contributed by atoms with Crippen molar-refractivity contribution in [2.45, 2.75) is 26.2 Å². The fourth-order valence-electron chi connectivity index (χ4n) is 3.33. The lowest BCUT2D eigenvalue weighted by molar-refractivity contribution is 0.0685. The number of H-pyrrole nitrogens is 1. The predicted octanol–water partition coefficient (Wildman–Crippen LogP) is 3.32. The minimum Gasteiger partial charge on any atom is -0.497 e. The summed E-state index contributed by atoms with van der Waals surface area (Å²) in [6, 6.07) is 9.85. The third kappa shape index (κ3) is 4.10. The average Bonchev–Trinajstić information content (AvgIpc) is 3.13. The normalized spacial score (nSPS) is 15.2. The van der Waals surface area contributed by atoms with E-state index in [2.05, 4.69) is 17.1 Å². The van der Waals surface area contributed by atoms with Crippen LogP contribution in [0, 0.1) is 5.92 Å². The van der Waals surface area contributed by atoms with E-state index in [1.165, 1.54) is 12.5 Å². The van der Waals surface area contributed by atoms with Gasteiger partial charge >= 0.3 is 0 Å². The Bertz CT molecular complexity index is 741. The van der Waals surface area contributed by atoms with Crippen molar-refractivity contribution in [1.29, 1.82) is 0 Å². The molecule has 1 fully saturated rings. The van der Waals surface area contributed by atoms with Gasteiger partial charge in [0.25, 0.3) is 5.91 Å². The Hall–Kier alpha value is -2.56. The molecule has 1 N–H and O–H groups in total. The van der Waals surface area contributed by atoms with E-state index < -0.39 is 0 Å². The Kier molecular flexibility index (Phi) is 5.22. The predicted molar refractivity (Wildman–Crippen MR) is 96.1 cm³/mol. The molecule has 0 aliphatic carbocycles. The summed E-state index contributed by atoms with van der Waals surface area (Å²) in [6.07, 6.45) is 4.63. The standard InChI is InChI=1S/C20H24N2O3/c1-14(23)17-12-19(21-13-17)20(24)22-9-7-16(8-10-22)11-15-3-5-18(25-2)6-4-15/h3-6,12-13,16,21H,7-11H2,1-2H3. The number of aromatic nitrogens is 1. The molecule has 1 saturated heterocycles. The van der Waals surface area contributed by atoms with Crippen LogP contribution in [0.5, 0.6) is 5.75 Å². The zero-order valence-electron chi connectivity index (χ0n) is 14.7. The zero-order chi connectivity index (χ0) is 17.8.